The molecule has 0 saturated heterocycles. The number of halogens is 2. The van der Waals surface area contributed by atoms with Gasteiger partial charge in [-0.15, -0.1) is 0 Å². The summed E-state index contributed by atoms with van der Waals surface area (Å²) < 4.78 is 51.0. The summed E-state index contributed by atoms with van der Waals surface area (Å²) in [6.45, 7) is 0. The van der Waals surface area contributed by atoms with Crippen LogP contribution in [0.3, 0.4) is 0 Å². The lowest BCUT2D eigenvalue weighted by Gasteiger charge is -2.14. The van der Waals surface area contributed by atoms with Gasteiger partial charge in [0.05, 0.1) is 4.90 Å². The Kier molecular flexibility index (Phi) is 5.50. The van der Waals surface area contributed by atoms with Crippen LogP contribution in [0.4, 0.5) is 8.78 Å². The molecule has 0 heterocycles. The lowest BCUT2D eigenvalue weighted by atomic mass is 10.1. The normalized spacial score (nSPS) is 16.0. The monoisotopic (exact) mass is 362 g/mol. The minimum absolute atomic E-state index is 0.0270. The van der Waals surface area contributed by atoms with Gasteiger partial charge in [-0.05, 0) is 37.1 Å². The van der Waals surface area contributed by atoms with Gasteiger partial charge < -0.3 is 10.4 Å². The summed E-state index contributed by atoms with van der Waals surface area (Å²) in [4.78, 5) is 22.7. The van der Waals surface area contributed by atoms with Gasteiger partial charge in [-0.1, -0.05) is 0 Å². The molecular weight excluding hydrogens is 346 g/mol. The smallest absolute Gasteiger partial charge is 0.326 e. The predicted octanol–water partition coefficient (Wildman–Crippen LogP) is 0.965. The molecule has 1 atom stereocenters. The summed E-state index contributed by atoms with van der Waals surface area (Å²) in [6.07, 6.45) is -2.34. The molecule has 1 unspecified atom stereocenters. The van der Waals surface area contributed by atoms with Gasteiger partial charge in [0.25, 0.3) is 5.91 Å². The van der Waals surface area contributed by atoms with Crippen molar-refractivity contribution >= 4 is 21.9 Å². The number of carbonyl (C=O) groups is 2. The number of carboxylic acid groups (broad SMARTS) is 1. The Hall–Kier alpha value is -2.07. The molecule has 3 N–H and O–H groups in total. The van der Waals surface area contributed by atoms with E-state index in [4.69, 9.17) is 5.11 Å². The van der Waals surface area contributed by atoms with Crippen LogP contribution in [0.5, 0.6) is 0 Å². The Morgan fingerprint density at radius 1 is 1.21 bits per heavy atom. The standard InChI is InChI=1S/C14H16F2N2O5S/c15-12(16)7-11(14(20)21)17-13(19)8-1-5-10(6-2-8)24(22,23)18-9-3-4-9/h1-2,5-6,9,11-12,18H,3-4,7H2,(H,17,19)(H,20,21). The minimum Gasteiger partial charge on any atom is -0.480 e. The van der Waals surface area contributed by atoms with Gasteiger partial charge in [0, 0.05) is 18.0 Å². The molecule has 7 nitrogen and oxygen atoms in total. The fraction of sp³-hybridized carbons (Fsp3) is 0.429. The van der Waals surface area contributed by atoms with E-state index in [-0.39, 0.29) is 16.5 Å². The third-order valence-corrected chi connectivity index (χ3v) is 4.88. The molecule has 24 heavy (non-hydrogen) atoms. The van der Waals surface area contributed by atoms with Crippen LogP contribution in [0, 0.1) is 0 Å². The second kappa shape index (κ2) is 7.22. The van der Waals surface area contributed by atoms with E-state index in [1.165, 1.54) is 24.3 Å². The van der Waals surface area contributed by atoms with Crippen molar-refractivity contribution in [2.75, 3.05) is 0 Å². The van der Waals surface area contributed by atoms with Crippen molar-refractivity contribution in [1.29, 1.82) is 0 Å². The minimum atomic E-state index is -3.67. The zero-order valence-corrected chi connectivity index (χ0v) is 13.2. The number of hydrogen-bond donors (Lipinski definition) is 3. The Morgan fingerprint density at radius 2 is 1.79 bits per heavy atom. The van der Waals surface area contributed by atoms with E-state index in [0.717, 1.165) is 12.8 Å². The summed E-state index contributed by atoms with van der Waals surface area (Å²) >= 11 is 0. The maximum atomic E-state index is 12.3. The van der Waals surface area contributed by atoms with Crippen LogP contribution in [0.15, 0.2) is 29.2 Å². The van der Waals surface area contributed by atoms with Crippen molar-refractivity contribution in [3.8, 4) is 0 Å². The average molecular weight is 362 g/mol. The molecule has 1 aromatic carbocycles. The van der Waals surface area contributed by atoms with E-state index in [9.17, 15) is 26.8 Å². The molecule has 0 aliphatic heterocycles. The number of carboxylic acids is 1. The topological polar surface area (TPSA) is 113 Å². The van der Waals surface area contributed by atoms with Crippen LogP contribution in [0.2, 0.25) is 0 Å². The van der Waals surface area contributed by atoms with Crippen LogP contribution >= 0.6 is 0 Å². The number of alkyl halides is 2. The molecule has 1 amide bonds. The first-order valence-corrected chi connectivity index (χ1v) is 8.61. The SMILES string of the molecule is O=C(NC(CC(F)F)C(=O)O)c1ccc(S(=O)(=O)NC2CC2)cc1. The van der Waals surface area contributed by atoms with Gasteiger partial charge >= 0.3 is 5.97 Å². The zero-order chi connectivity index (χ0) is 17.9. The quantitative estimate of drug-likeness (QED) is 0.638. The summed E-state index contributed by atoms with van der Waals surface area (Å²) in [5.41, 5.74) is -0.0270. The number of hydrogen-bond acceptors (Lipinski definition) is 4. The first kappa shape index (κ1) is 18.3. The Morgan fingerprint density at radius 3 is 2.25 bits per heavy atom. The largest absolute Gasteiger partial charge is 0.480 e. The lowest BCUT2D eigenvalue weighted by molar-refractivity contribution is -0.140. The molecule has 1 aliphatic rings. The van der Waals surface area contributed by atoms with E-state index in [2.05, 4.69) is 4.72 Å². The van der Waals surface area contributed by atoms with Gasteiger partial charge in [0.1, 0.15) is 6.04 Å². The number of aliphatic carboxylic acids is 1. The average Bonchev–Trinajstić information content (AvgIpc) is 3.29. The molecule has 1 saturated carbocycles. The first-order valence-electron chi connectivity index (χ1n) is 7.13. The van der Waals surface area contributed by atoms with E-state index in [0.29, 0.717) is 0 Å². The van der Waals surface area contributed by atoms with E-state index in [1.807, 2.05) is 5.32 Å². The van der Waals surface area contributed by atoms with Crippen LogP contribution in [-0.4, -0.2) is 43.9 Å². The molecular formula is C14H16F2N2O5S. The summed E-state index contributed by atoms with van der Waals surface area (Å²) in [5, 5.41) is 10.8. The van der Waals surface area contributed by atoms with E-state index in [1.54, 1.807) is 0 Å². The fourth-order valence-corrected chi connectivity index (χ4v) is 3.22. The maximum absolute atomic E-state index is 12.3. The number of rotatable bonds is 8. The lowest BCUT2D eigenvalue weighted by Crippen LogP contribution is -2.42. The van der Waals surface area contributed by atoms with Gasteiger partial charge in [-0.3, -0.25) is 4.79 Å². The molecule has 132 valence electrons. The van der Waals surface area contributed by atoms with E-state index < -0.39 is 40.8 Å². The molecule has 0 spiro atoms. The van der Waals surface area contributed by atoms with Crippen molar-refractivity contribution in [1.82, 2.24) is 10.0 Å². The van der Waals surface area contributed by atoms with Crippen molar-refractivity contribution in [2.45, 2.75) is 42.7 Å². The molecule has 10 heteroatoms. The zero-order valence-electron chi connectivity index (χ0n) is 12.4. The Bertz CT molecular complexity index is 717. The summed E-state index contributed by atoms with van der Waals surface area (Å²) in [5.74, 6) is -2.45. The second-order valence-corrected chi connectivity index (χ2v) is 7.12. The van der Waals surface area contributed by atoms with Crippen molar-refractivity contribution in [3.63, 3.8) is 0 Å². The first-order chi connectivity index (χ1) is 11.2. The molecule has 0 radical (unpaired) electrons. The number of amides is 1. The number of sulfonamides is 1. The molecule has 1 aromatic rings. The third kappa shape index (κ3) is 4.96. The van der Waals surface area contributed by atoms with Crippen molar-refractivity contribution in [3.05, 3.63) is 29.8 Å². The molecule has 0 bridgehead atoms. The fourth-order valence-electron chi connectivity index (χ4n) is 1.92. The molecule has 1 fully saturated rings. The van der Waals surface area contributed by atoms with Crippen LogP contribution in [0.25, 0.3) is 0 Å². The van der Waals surface area contributed by atoms with Gasteiger partial charge in [0.2, 0.25) is 16.4 Å². The highest BCUT2D eigenvalue weighted by molar-refractivity contribution is 7.89. The second-order valence-electron chi connectivity index (χ2n) is 5.41. The number of carbonyl (C=O) groups excluding carboxylic acids is 1. The van der Waals surface area contributed by atoms with Gasteiger partial charge in [0.15, 0.2) is 0 Å². The summed E-state index contributed by atoms with van der Waals surface area (Å²) in [7, 11) is -3.67. The predicted molar refractivity (Wildman–Crippen MR) is 79.3 cm³/mol. The van der Waals surface area contributed by atoms with Gasteiger partial charge in [-0.25, -0.2) is 26.7 Å². The van der Waals surface area contributed by atoms with Crippen LogP contribution in [0.1, 0.15) is 29.6 Å². The van der Waals surface area contributed by atoms with Crippen LogP contribution in [-0.2, 0) is 14.8 Å². The molecule has 0 aromatic heterocycles. The number of benzene rings is 1. The maximum Gasteiger partial charge on any atom is 0.326 e. The van der Waals surface area contributed by atoms with Crippen molar-refractivity contribution < 1.29 is 31.9 Å². The summed E-state index contributed by atoms with van der Waals surface area (Å²) in [6, 6.07) is 2.99. The highest BCUT2D eigenvalue weighted by atomic mass is 32.2. The Balaban J connectivity index is 2.06. The van der Waals surface area contributed by atoms with Crippen molar-refractivity contribution in [2.24, 2.45) is 0 Å². The van der Waals surface area contributed by atoms with Crippen LogP contribution < -0.4 is 10.0 Å². The molecule has 1 aliphatic carbocycles. The van der Waals surface area contributed by atoms with Gasteiger partial charge in [-0.2, -0.15) is 0 Å². The Labute approximate surface area is 137 Å². The number of nitrogens with one attached hydrogen (secondary N) is 2. The molecule has 2 rings (SSSR count). The van der Waals surface area contributed by atoms with E-state index >= 15 is 0 Å². The highest BCUT2D eigenvalue weighted by Gasteiger charge is 2.28. The highest BCUT2D eigenvalue weighted by Crippen LogP contribution is 2.22. The third-order valence-electron chi connectivity index (χ3n) is 3.34.